The molecule has 0 saturated heterocycles. The van der Waals surface area contributed by atoms with Crippen LogP contribution in [-0.2, 0) is 13.1 Å². The third-order valence-electron chi connectivity index (χ3n) is 2.26. The number of hydrogen-bond acceptors (Lipinski definition) is 2. The molecule has 1 heterocycles. The summed E-state index contributed by atoms with van der Waals surface area (Å²) in [6, 6.07) is 11.6. The first-order valence-corrected chi connectivity index (χ1v) is 5.18. The van der Waals surface area contributed by atoms with Crippen molar-refractivity contribution in [3.8, 4) is 0 Å². The zero-order chi connectivity index (χ0) is 11.2. The SMILES string of the molecule is Fc1cncc(CNCc2ccccc2)c1. The van der Waals surface area contributed by atoms with Crippen molar-refractivity contribution >= 4 is 0 Å². The minimum atomic E-state index is -0.293. The van der Waals surface area contributed by atoms with E-state index < -0.39 is 0 Å². The van der Waals surface area contributed by atoms with E-state index in [0.29, 0.717) is 6.54 Å². The first-order valence-electron chi connectivity index (χ1n) is 5.18. The van der Waals surface area contributed by atoms with Gasteiger partial charge in [-0.25, -0.2) is 4.39 Å². The van der Waals surface area contributed by atoms with Crippen molar-refractivity contribution in [2.24, 2.45) is 0 Å². The molecule has 1 aromatic carbocycles. The number of aromatic nitrogens is 1. The van der Waals surface area contributed by atoms with Crippen molar-refractivity contribution < 1.29 is 4.39 Å². The number of nitrogens with zero attached hydrogens (tertiary/aromatic N) is 1. The van der Waals surface area contributed by atoms with Crippen molar-refractivity contribution in [1.29, 1.82) is 0 Å². The Kier molecular flexibility index (Phi) is 3.62. The maximum Gasteiger partial charge on any atom is 0.141 e. The molecule has 2 rings (SSSR count). The van der Waals surface area contributed by atoms with E-state index in [2.05, 4.69) is 22.4 Å². The molecule has 82 valence electrons. The van der Waals surface area contributed by atoms with Gasteiger partial charge in [-0.2, -0.15) is 0 Å². The van der Waals surface area contributed by atoms with Crippen LogP contribution in [0.5, 0.6) is 0 Å². The molecule has 1 N–H and O–H groups in total. The van der Waals surface area contributed by atoms with Crippen LogP contribution >= 0.6 is 0 Å². The number of hydrogen-bond donors (Lipinski definition) is 1. The Labute approximate surface area is 94.2 Å². The van der Waals surface area contributed by atoms with Gasteiger partial charge in [0.15, 0.2) is 0 Å². The minimum Gasteiger partial charge on any atom is -0.309 e. The second-order valence-corrected chi connectivity index (χ2v) is 3.60. The van der Waals surface area contributed by atoms with E-state index >= 15 is 0 Å². The predicted molar refractivity (Wildman–Crippen MR) is 61.2 cm³/mol. The second kappa shape index (κ2) is 5.37. The monoisotopic (exact) mass is 216 g/mol. The lowest BCUT2D eigenvalue weighted by Gasteiger charge is -2.04. The van der Waals surface area contributed by atoms with E-state index in [1.54, 1.807) is 6.20 Å². The highest BCUT2D eigenvalue weighted by Gasteiger charge is 1.96. The largest absolute Gasteiger partial charge is 0.309 e. The van der Waals surface area contributed by atoms with Crippen molar-refractivity contribution in [3.63, 3.8) is 0 Å². The molecule has 3 heteroatoms. The van der Waals surface area contributed by atoms with E-state index in [9.17, 15) is 4.39 Å². The smallest absolute Gasteiger partial charge is 0.141 e. The molecule has 0 radical (unpaired) electrons. The maximum atomic E-state index is 12.8. The quantitative estimate of drug-likeness (QED) is 0.849. The van der Waals surface area contributed by atoms with E-state index in [-0.39, 0.29) is 5.82 Å². The lowest BCUT2D eigenvalue weighted by atomic mass is 10.2. The van der Waals surface area contributed by atoms with Crippen molar-refractivity contribution in [2.45, 2.75) is 13.1 Å². The fraction of sp³-hybridized carbons (Fsp3) is 0.154. The lowest BCUT2D eigenvalue weighted by molar-refractivity contribution is 0.612. The summed E-state index contributed by atoms with van der Waals surface area (Å²) in [5.74, 6) is -0.293. The summed E-state index contributed by atoms with van der Waals surface area (Å²) in [5.41, 5.74) is 2.07. The molecular formula is C13H13FN2. The lowest BCUT2D eigenvalue weighted by Crippen LogP contribution is -2.12. The van der Waals surface area contributed by atoms with Crippen molar-refractivity contribution in [1.82, 2.24) is 10.3 Å². The van der Waals surface area contributed by atoms with Crippen LogP contribution in [0.4, 0.5) is 4.39 Å². The molecule has 0 aliphatic heterocycles. The van der Waals surface area contributed by atoms with Gasteiger partial charge in [0.25, 0.3) is 0 Å². The van der Waals surface area contributed by atoms with Crippen LogP contribution < -0.4 is 5.32 Å². The predicted octanol–water partition coefficient (Wildman–Crippen LogP) is 2.51. The van der Waals surface area contributed by atoms with Gasteiger partial charge >= 0.3 is 0 Å². The average Bonchev–Trinajstić information content (AvgIpc) is 2.30. The molecule has 0 bridgehead atoms. The molecule has 0 aliphatic carbocycles. The third kappa shape index (κ3) is 3.14. The summed E-state index contributed by atoms with van der Waals surface area (Å²) in [5, 5.41) is 3.24. The van der Waals surface area contributed by atoms with Gasteiger partial charge in [0, 0.05) is 19.3 Å². The molecular weight excluding hydrogens is 203 g/mol. The molecule has 0 saturated carbocycles. The minimum absolute atomic E-state index is 0.293. The molecule has 1 aromatic heterocycles. The van der Waals surface area contributed by atoms with Gasteiger partial charge in [-0.05, 0) is 17.2 Å². The fourth-order valence-corrected chi connectivity index (χ4v) is 1.50. The molecule has 0 fully saturated rings. The van der Waals surface area contributed by atoms with Crippen LogP contribution in [0, 0.1) is 5.82 Å². The number of benzene rings is 1. The summed E-state index contributed by atoms with van der Waals surface area (Å²) >= 11 is 0. The summed E-state index contributed by atoms with van der Waals surface area (Å²) in [6.07, 6.45) is 2.88. The topological polar surface area (TPSA) is 24.9 Å². The number of pyridine rings is 1. The Morgan fingerprint density at radius 2 is 1.75 bits per heavy atom. The molecule has 0 atom stereocenters. The second-order valence-electron chi connectivity index (χ2n) is 3.60. The summed E-state index contributed by atoms with van der Waals surface area (Å²) in [6.45, 7) is 1.40. The first-order chi connectivity index (χ1) is 7.84. The van der Waals surface area contributed by atoms with Crippen LogP contribution in [0.1, 0.15) is 11.1 Å². The number of halogens is 1. The van der Waals surface area contributed by atoms with Crippen molar-refractivity contribution in [3.05, 3.63) is 65.7 Å². The highest BCUT2D eigenvalue weighted by molar-refractivity contribution is 5.15. The zero-order valence-corrected chi connectivity index (χ0v) is 8.86. The van der Waals surface area contributed by atoms with E-state index in [1.165, 1.54) is 17.8 Å². The van der Waals surface area contributed by atoms with Crippen LogP contribution in [0.25, 0.3) is 0 Å². The Hall–Kier alpha value is -1.74. The highest BCUT2D eigenvalue weighted by Crippen LogP contribution is 2.02. The average molecular weight is 216 g/mol. The van der Waals surface area contributed by atoms with E-state index in [1.807, 2.05) is 18.2 Å². The summed E-state index contributed by atoms with van der Waals surface area (Å²) in [4.78, 5) is 3.79. The Morgan fingerprint density at radius 1 is 1.00 bits per heavy atom. The molecule has 16 heavy (non-hydrogen) atoms. The van der Waals surface area contributed by atoms with Crippen LogP contribution in [-0.4, -0.2) is 4.98 Å². The van der Waals surface area contributed by atoms with Gasteiger partial charge in [-0.1, -0.05) is 30.3 Å². The molecule has 0 aliphatic rings. The molecule has 2 nitrogen and oxygen atoms in total. The molecule has 0 unspecified atom stereocenters. The van der Waals surface area contributed by atoms with Gasteiger partial charge in [-0.3, -0.25) is 4.98 Å². The summed E-state index contributed by atoms with van der Waals surface area (Å²) in [7, 11) is 0. The third-order valence-corrected chi connectivity index (χ3v) is 2.26. The van der Waals surface area contributed by atoms with Gasteiger partial charge in [-0.15, -0.1) is 0 Å². The van der Waals surface area contributed by atoms with E-state index in [0.717, 1.165) is 12.1 Å². The van der Waals surface area contributed by atoms with Crippen LogP contribution in [0.3, 0.4) is 0 Å². The van der Waals surface area contributed by atoms with Gasteiger partial charge in [0.1, 0.15) is 5.82 Å². The standard InChI is InChI=1S/C13H13FN2/c14-13-6-12(9-16-10-13)8-15-7-11-4-2-1-3-5-11/h1-6,9-10,15H,7-8H2. The Balaban J connectivity index is 1.85. The summed E-state index contributed by atoms with van der Waals surface area (Å²) < 4.78 is 12.8. The number of nitrogens with one attached hydrogen (secondary N) is 1. The van der Waals surface area contributed by atoms with Crippen LogP contribution in [0.15, 0.2) is 48.8 Å². The van der Waals surface area contributed by atoms with Crippen molar-refractivity contribution in [2.75, 3.05) is 0 Å². The Morgan fingerprint density at radius 3 is 2.50 bits per heavy atom. The van der Waals surface area contributed by atoms with Crippen LogP contribution in [0.2, 0.25) is 0 Å². The number of rotatable bonds is 4. The first kappa shape index (κ1) is 10.8. The highest BCUT2D eigenvalue weighted by atomic mass is 19.1. The molecule has 2 aromatic rings. The molecule has 0 spiro atoms. The van der Waals surface area contributed by atoms with E-state index in [4.69, 9.17) is 0 Å². The maximum absolute atomic E-state index is 12.8. The zero-order valence-electron chi connectivity index (χ0n) is 8.86. The normalized spacial score (nSPS) is 10.3. The molecule has 0 amide bonds. The van der Waals surface area contributed by atoms with Gasteiger partial charge in [0.05, 0.1) is 6.20 Å². The van der Waals surface area contributed by atoms with Gasteiger partial charge in [0.2, 0.25) is 0 Å². The Bertz CT molecular complexity index is 443. The fourth-order valence-electron chi connectivity index (χ4n) is 1.50. The van der Waals surface area contributed by atoms with Gasteiger partial charge < -0.3 is 5.32 Å².